The number of rotatable bonds is 5. The number of hydrogen-bond donors (Lipinski definition) is 2. The molecule has 0 spiro atoms. The molecule has 3 N–H and O–H groups in total. The fraction of sp³-hybridized carbons (Fsp3) is 0.538. The van der Waals surface area contributed by atoms with Gasteiger partial charge in [-0.1, -0.05) is 6.07 Å². The molecule has 5 nitrogen and oxygen atoms in total. The standard InChI is InChI=1S/C13H19FN2O3S/c14-12-7-11(8-15)1-2-13(12)20(17,18)16-9-10-3-5-19-6-4-10/h1-2,7,10,16H,3-6,8-9,15H2. The third kappa shape index (κ3) is 3.76. The smallest absolute Gasteiger partial charge is 0.243 e. The van der Waals surface area contributed by atoms with Gasteiger partial charge >= 0.3 is 0 Å². The second-order valence-corrected chi connectivity index (χ2v) is 6.61. The maximum absolute atomic E-state index is 13.8. The Bertz CT molecular complexity index is 557. The molecular formula is C13H19FN2O3S. The van der Waals surface area contributed by atoms with Gasteiger partial charge in [-0.15, -0.1) is 0 Å². The van der Waals surface area contributed by atoms with Gasteiger partial charge in [0.25, 0.3) is 0 Å². The number of benzene rings is 1. The lowest BCUT2D eigenvalue weighted by atomic mass is 10.0. The van der Waals surface area contributed by atoms with E-state index in [4.69, 9.17) is 10.5 Å². The fourth-order valence-electron chi connectivity index (χ4n) is 2.15. The zero-order chi connectivity index (χ0) is 14.6. The van der Waals surface area contributed by atoms with E-state index in [1.54, 1.807) is 0 Å². The molecule has 1 aliphatic heterocycles. The second-order valence-electron chi connectivity index (χ2n) is 4.88. The van der Waals surface area contributed by atoms with Crippen molar-refractivity contribution < 1.29 is 17.5 Å². The van der Waals surface area contributed by atoms with Crippen LogP contribution in [0.2, 0.25) is 0 Å². The van der Waals surface area contributed by atoms with Crippen molar-refractivity contribution in [3.8, 4) is 0 Å². The van der Waals surface area contributed by atoms with Gasteiger partial charge in [0.15, 0.2) is 0 Å². The van der Waals surface area contributed by atoms with Gasteiger partial charge in [0.2, 0.25) is 10.0 Å². The molecule has 0 amide bonds. The average Bonchev–Trinajstić information content (AvgIpc) is 2.46. The molecule has 1 aliphatic rings. The minimum atomic E-state index is -3.82. The molecule has 1 aromatic rings. The van der Waals surface area contributed by atoms with Gasteiger partial charge in [0.1, 0.15) is 10.7 Å². The molecule has 1 saturated heterocycles. The van der Waals surface area contributed by atoms with Crippen LogP contribution >= 0.6 is 0 Å². The highest BCUT2D eigenvalue weighted by Gasteiger charge is 2.21. The first-order valence-corrected chi connectivity index (χ1v) is 8.07. The molecule has 112 valence electrons. The van der Waals surface area contributed by atoms with E-state index in [2.05, 4.69) is 4.72 Å². The van der Waals surface area contributed by atoms with Crippen molar-refractivity contribution in [3.05, 3.63) is 29.6 Å². The molecule has 0 bridgehead atoms. The Morgan fingerprint density at radius 3 is 2.65 bits per heavy atom. The maximum atomic E-state index is 13.8. The molecule has 7 heteroatoms. The van der Waals surface area contributed by atoms with Crippen LogP contribution in [0.25, 0.3) is 0 Å². The van der Waals surface area contributed by atoms with Gasteiger partial charge in [-0.05, 0) is 36.5 Å². The Balaban J connectivity index is 2.05. The number of ether oxygens (including phenoxy) is 1. The van der Waals surface area contributed by atoms with Crippen LogP contribution in [0, 0.1) is 11.7 Å². The fourth-order valence-corrected chi connectivity index (χ4v) is 3.32. The van der Waals surface area contributed by atoms with Crippen molar-refractivity contribution in [1.82, 2.24) is 4.72 Å². The normalized spacial score (nSPS) is 17.3. The van der Waals surface area contributed by atoms with Crippen LogP contribution in [-0.2, 0) is 21.3 Å². The first-order chi connectivity index (χ1) is 9.53. The summed E-state index contributed by atoms with van der Waals surface area (Å²) in [4.78, 5) is -0.332. The van der Waals surface area contributed by atoms with Crippen LogP contribution in [-0.4, -0.2) is 28.2 Å². The van der Waals surface area contributed by atoms with E-state index in [-0.39, 0.29) is 17.4 Å². The predicted octanol–water partition coefficient (Wildman–Crippen LogP) is 0.989. The molecular weight excluding hydrogens is 283 g/mol. The molecule has 1 fully saturated rings. The van der Waals surface area contributed by atoms with E-state index in [1.807, 2.05) is 0 Å². The number of halogens is 1. The van der Waals surface area contributed by atoms with Crippen LogP contribution in [0.5, 0.6) is 0 Å². The van der Waals surface area contributed by atoms with Gasteiger partial charge in [-0.2, -0.15) is 0 Å². The minimum Gasteiger partial charge on any atom is -0.381 e. The molecule has 2 rings (SSSR count). The largest absolute Gasteiger partial charge is 0.381 e. The SMILES string of the molecule is NCc1ccc(S(=O)(=O)NCC2CCOCC2)c(F)c1. The summed E-state index contributed by atoms with van der Waals surface area (Å²) >= 11 is 0. The number of nitrogens with two attached hydrogens (primary N) is 1. The Morgan fingerprint density at radius 2 is 2.05 bits per heavy atom. The summed E-state index contributed by atoms with van der Waals surface area (Å²) in [5.74, 6) is -0.530. The van der Waals surface area contributed by atoms with Crippen molar-refractivity contribution in [2.24, 2.45) is 11.7 Å². The lowest BCUT2D eigenvalue weighted by Crippen LogP contribution is -2.32. The van der Waals surface area contributed by atoms with Crippen molar-refractivity contribution in [3.63, 3.8) is 0 Å². The molecule has 0 aromatic heterocycles. The molecule has 0 unspecified atom stereocenters. The molecule has 0 radical (unpaired) electrons. The van der Waals surface area contributed by atoms with Gasteiger partial charge < -0.3 is 10.5 Å². The summed E-state index contributed by atoms with van der Waals surface area (Å²) in [6.45, 7) is 1.77. The molecule has 0 atom stereocenters. The average molecular weight is 302 g/mol. The summed E-state index contributed by atoms with van der Waals surface area (Å²) in [5.41, 5.74) is 5.95. The quantitative estimate of drug-likeness (QED) is 0.850. The minimum absolute atomic E-state index is 0.173. The first kappa shape index (κ1) is 15.4. The maximum Gasteiger partial charge on any atom is 0.243 e. The topological polar surface area (TPSA) is 81.4 Å². The molecule has 0 saturated carbocycles. The van der Waals surface area contributed by atoms with Crippen LogP contribution in [0.4, 0.5) is 4.39 Å². The summed E-state index contributed by atoms with van der Waals surface area (Å²) in [7, 11) is -3.82. The first-order valence-electron chi connectivity index (χ1n) is 6.59. The lowest BCUT2D eigenvalue weighted by Gasteiger charge is -2.22. The van der Waals surface area contributed by atoms with Crippen molar-refractivity contribution in [2.45, 2.75) is 24.3 Å². The van der Waals surface area contributed by atoms with E-state index in [9.17, 15) is 12.8 Å². The Labute approximate surface area is 118 Å². The third-order valence-electron chi connectivity index (χ3n) is 3.42. The Kier molecular flexibility index (Phi) is 5.09. The number of nitrogens with one attached hydrogen (secondary N) is 1. The van der Waals surface area contributed by atoms with Crippen molar-refractivity contribution in [2.75, 3.05) is 19.8 Å². The monoisotopic (exact) mass is 302 g/mol. The Hall–Kier alpha value is -1.02. The molecule has 1 heterocycles. The summed E-state index contributed by atoms with van der Waals surface area (Å²) < 4.78 is 45.6. The van der Waals surface area contributed by atoms with E-state index in [1.165, 1.54) is 12.1 Å². The van der Waals surface area contributed by atoms with E-state index < -0.39 is 15.8 Å². The lowest BCUT2D eigenvalue weighted by molar-refractivity contribution is 0.0678. The van der Waals surface area contributed by atoms with E-state index >= 15 is 0 Å². The van der Waals surface area contributed by atoms with Gasteiger partial charge in [0, 0.05) is 26.3 Å². The molecule has 1 aromatic carbocycles. The van der Waals surface area contributed by atoms with Crippen LogP contribution in [0.3, 0.4) is 0 Å². The highest BCUT2D eigenvalue weighted by atomic mass is 32.2. The third-order valence-corrected chi connectivity index (χ3v) is 4.88. The second kappa shape index (κ2) is 6.62. The highest BCUT2D eigenvalue weighted by molar-refractivity contribution is 7.89. The Morgan fingerprint density at radius 1 is 1.35 bits per heavy atom. The van der Waals surface area contributed by atoms with Crippen LogP contribution in [0.15, 0.2) is 23.1 Å². The zero-order valence-corrected chi connectivity index (χ0v) is 12.0. The van der Waals surface area contributed by atoms with E-state index in [0.717, 1.165) is 18.9 Å². The summed E-state index contributed by atoms with van der Waals surface area (Å²) in [6, 6.07) is 3.93. The van der Waals surface area contributed by atoms with Gasteiger partial charge in [0.05, 0.1) is 0 Å². The van der Waals surface area contributed by atoms with Crippen LogP contribution < -0.4 is 10.5 Å². The van der Waals surface area contributed by atoms with Crippen molar-refractivity contribution in [1.29, 1.82) is 0 Å². The van der Waals surface area contributed by atoms with E-state index in [0.29, 0.717) is 25.3 Å². The summed E-state index contributed by atoms with van der Waals surface area (Å²) in [6.07, 6.45) is 1.63. The predicted molar refractivity (Wildman–Crippen MR) is 73.0 cm³/mol. The number of hydrogen-bond acceptors (Lipinski definition) is 4. The zero-order valence-electron chi connectivity index (χ0n) is 11.1. The van der Waals surface area contributed by atoms with Crippen LogP contribution in [0.1, 0.15) is 18.4 Å². The molecule has 0 aliphatic carbocycles. The highest BCUT2D eigenvalue weighted by Crippen LogP contribution is 2.18. The number of sulfonamides is 1. The van der Waals surface area contributed by atoms with Gasteiger partial charge in [-0.25, -0.2) is 17.5 Å². The summed E-state index contributed by atoms with van der Waals surface area (Å²) in [5, 5.41) is 0. The molecule has 20 heavy (non-hydrogen) atoms. The van der Waals surface area contributed by atoms with Gasteiger partial charge in [-0.3, -0.25) is 0 Å². The van der Waals surface area contributed by atoms with Crippen molar-refractivity contribution >= 4 is 10.0 Å².